The van der Waals surface area contributed by atoms with Crippen LogP contribution in [-0.4, -0.2) is 134 Å². The Morgan fingerprint density at radius 3 is 1.88 bits per heavy atom. The van der Waals surface area contributed by atoms with Gasteiger partial charge in [-0.3, -0.25) is 29.1 Å². The van der Waals surface area contributed by atoms with Gasteiger partial charge in [0.25, 0.3) is 0 Å². The van der Waals surface area contributed by atoms with Crippen molar-refractivity contribution in [1.29, 1.82) is 0 Å². The van der Waals surface area contributed by atoms with E-state index in [9.17, 15) is 24.0 Å². The Kier molecular flexibility index (Phi) is 14.6. The molecular weight excluding hydrogens is 646 g/mol. The highest BCUT2D eigenvalue weighted by molar-refractivity contribution is 5.88. The average Bonchev–Trinajstić information content (AvgIpc) is 3.08. The number of carbonyl (C=O) groups is 4. The molecule has 272 valence electrons. The molecule has 3 aromatic rings. The van der Waals surface area contributed by atoms with Crippen LogP contribution in [-0.2, 0) is 35.2 Å². The topological polar surface area (TPSA) is 176 Å². The third-order valence-electron chi connectivity index (χ3n) is 8.31. The number of hydrogen-bond donors (Lipinski definition) is 3. The second-order valence-electron chi connectivity index (χ2n) is 12.2. The van der Waals surface area contributed by atoms with Gasteiger partial charge in [0.15, 0.2) is 11.1 Å². The molecule has 1 fully saturated rings. The largest absolute Gasteiger partial charge is 0.464 e. The van der Waals surface area contributed by atoms with Gasteiger partial charge in [-0.05, 0) is 52.0 Å². The average molecular weight is 696 g/mol. The van der Waals surface area contributed by atoms with Crippen LogP contribution in [0.1, 0.15) is 33.4 Å². The molecule has 50 heavy (non-hydrogen) atoms. The Labute approximate surface area is 291 Å². The smallest absolute Gasteiger partial charge is 0.328 e. The van der Waals surface area contributed by atoms with Gasteiger partial charge < -0.3 is 29.8 Å². The molecule has 0 bridgehead atoms. The van der Waals surface area contributed by atoms with Crippen LogP contribution in [0.25, 0.3) is 22.1 Å². The zero-order chi connectivity index (χ0) is 36.0. The zero-order valence-electron chi connectivity index (χ0n) is 29.4. The summed E-state index contributed by atoms with van der Waals surface area (Å²) in [6, 6.07) is 9.14. The van der Waals surface area contributed by atoms with Crippen LogP contribution < -0.4 is 21.4 Å². The minimum Gasteiger partial charge on any atom is -0.464 e. The summed E-state index contributed by atoms with van der Waals surface area (Å²) in [4.78, 5) is 74.2. The van der Waals surface area contributed by atoms with Gasteiger partial charge in [-0.2, -0.15) is 0 Å². The minimum atomic E-state index is -0.762. The van der Waals surface area contributed by atoms with Crippen molar-refractivity contribution in [1.82, 2.24) is 35.6 Å². The number of aromatic nitrogens is 1. The highest BCUT2D eigenvalue weighted by Crippen LogP contribution is 2.18. The van der Waals surface area contributed by atoms with E-state index in [0.717, 1.165) is 0 Å². The van der Waals surface area contributed by atoms with Gasteiger partial charge in [-0.25, -0.2) is 14.6 Å². The Hall–Kier alpha value is -4.44. The quantitative estimate of drug-likeness (QED) is 0.177. The SMILES string of the molecule is CCOC(=O)C(C)NC(=O)CN1CCNCCN(CC(=O)NC(C)C(=O)OCC)CCN(Cc2ccc3oc4ccccc4c(=O)c3n2)CC1. The van der Waals surface area contributed by atoms with E-state index in [4.69, 9.17) is 18.9 Å². The molecule has 2 atom stereocenters. The maximum Gasteiger partial charge on any atom is 0.328 e. The van der Waals surface area contributed by atoms with E-state index in [2.05, 4.69) is 20.9 Å². The number of esters is 2. The lowest BCUT2D eigenvalue weighted by Gasteiger charge is -2.31. The van der Waals surface area contributed by atoms with Crippen LogP contribution in [0.15, 0.2) is 45.6 Å². The molecule has 4 rings (SSSR count). The van der Waals surface area contributed by atoms with E-state index in [1.54, 1.807) is 52.0 Å². The zero-order valence-corrected chi connectivity index (χ0v) is 29.4. The van der Waals surface area contributed by atoms with Crippen LogP contribution in [0, 0.1) is 0 Å². The first kappa shape index (κ1) is 38.4. The predicted molar refractivity (Wildman–Crippen MR) is 187 cm³/mol. The summed E-state index contributed by atoms with van der Waals surface area (Å²) < 4.78 is 16.0. The number of para-hydroxylation sites is 1. The number of fused-ring (bicyclic) bond motifs is 2. The summed E-state index contributed by atoms with van der Waals surface area (Å²) >= 11 is 0. The minimum absolute atomic E-state index is 0.0898. The normalized spacial score (nSPS) is 16.9. The van der Waals surface area contributed by atoms with Crippen molar-refractivity contribution in [3.05, 3.63) is 52.3 Å². The lowest BCUT2D eigenvalue weighted by atomic mass is 10.2. The first-order chi connectivity index (χ1) is 24.1. The van der Waals surface area contributed by atoms with Gasteiger partial charge in [0, 0.05) is 58.9 Å². The molecule has 0 spiro atoms. The summed E-state index contributed by atoms with van der Waals surface area (Å²) in [6.07, 6.45) is 0. The fourth-order valence-electron chi connectivity index (χ4n) is 5.65. The highest BCUT2D eigenvalue weighted by atomic mass is 16.5. The maximum absolute atomic E-state index is 13.3. The van der Waals surface area contributed by atoms with Gasteiger partial charge in [0.2, 0.25) is 17.2 Å². The van der Waals surface area contributed by atoms with Crippen molar-refractivity contribution in [2.75, 3.05) is 78.7 Å². The molecule has 2 aromatic heterocycles. The second-order valence-corrected chi connectivity index (χ2v) is 12.2. The van der Waals surface area contributed by atoms with Gasteiger partial charge in [0.1, 0.15) is 17.7 Å². The Bertz CT molecular complexity index is 1630. The van der Waals surface area contributed by atoms with E-state index < -0.39 is 24.0 Å². The third kappa shape index (κ3) is 11.3. The maximum atomic E-state index is 13.3. The molecule has 3 heterocycles. The van der Waals surface area contributed by atoms with Crippen LogP contribution in [0.4, 0.5) is 0 Å². The van der Waals surface area contributed by atoms with Crippen molar-refractivity contribution in [3.63, 3.8) is 0 Å². The third-order valence-corrected chi connectivity index (χ3v) is 8.31. The lowest BCUT2D eigenvalue weighted by Crippen LogP contribution is -2.50. The number of hydrogen-bond acceptors (Lipinski definition) is 13. The summed E-state index contributed by atoms with van der Waals surface area (Å²) in [6.45, 7) is 12.1. The van der Waals surface area contributed by atoms with Gasteiger partial charge in [-0.15, -0.1) is 0 Å². The van der Waals surface area contributed by atoms with E-state index in [1.807, 2.05) is 21.9 Å². The molecule has 15 nitrogen and oxygen atoms in total. The fourth-order valence-corrected chi connectivity index (χ4v) is 5.65. The first-order valence-electron chi connectivity index (χ1n) is 17.2. The molecule has 0 saturated carbocycles. The Balaban J connectivity index is 1.50. The van der Waals surface area contributed by atoms with Gasteiger partial charge in [-0.1, -0.05) is 12.1 Å². The van der Waals surface area contributed by atoms with Crippen LogP contribution in [0.2, 0.25) is 0 Å². The van der Waals surface area contributed by atoms with Crippen LogP contribution >= 0.6 is 0 Å². The number of carbonyl (C=O) groups excluding carboxylic acids is 4. The van der Waals surface area contributed by atoms with Gasteiger partial charge in [0.05, 0.1) is 37.4 Å². The number of rotatable bonds is 12. The summed E-state index contributed by atoms with van der Waals surface area (Å²) in [5.41, 5.74) is 1.63. The number of benzene rings is 1. The van der Waals surface area contributed by atoms with Gasteiger partial charge >= 0.3 is 11.9 Å². The van der Waals surface area contributed by atoms with Crippen molar-refractivity contribution in [3.8, 4) is 0 Å². The highest BCUT2D eigenvalue weighted by Gasteiger charge is 2.22. The van der Waals surface area contributed by atoms with Crippen LogP contribution in [0.3, 0.4) is 0 Å². The molecule has 1 aromatic carbocycles. The molecule has 2 amide bonds. The molecule has 15 heteroatoms. The number of amides is 2. The summed E-state index contributed by atoms with van der Waals surface area (Å²) in [5, 5.41) is 9.30. The standard InChI is InChI=1S/C35H49N7O8/c1-5-48-34(46)24(3)37-30(43)22-40-15-13-36-14-16-41(23-31(44)38-25(4)35(47)49-6-2)18-20-42(19-17-40)21-26-11-12-29-32(39-26)33(45)27-9-7-8-10-28(27)50-29/h7-12,24-25,36H,5-6,13-23H2,1-4H3,(H,37,43)(H,38,44). The molecule has 0 radical (unpaired) electrons. The molecular formula is C35H49N7O8. The van der Waals surface area contributed by atoms with E-state index in [0.29, 0.717) is 81.1 Å². The number of ether oxygens (including phenoxy) is 2. The van der Waals surface area contributed by atoms with Crippen molar-refractivity contribution in [2.45, 2.75) is 46.3 Å². The van der Waals surface area contributed by atoms with E-state index >= 15 is 0 Å². The van der Waals surface area contributed by atoms with Crippen LogP contribution in [0.5, 0.6) is 0 Å². The molecule has 1 saturated heterocycles. The first-order valence-corrected chi connectivity index (χ1v) is 17.2. The number of pyridine rings is 1. The lowest BCUT2D eigenvalue weighted by molar-refractivity contribution is -0.147. The molecule has 3 N–H and O–H groups in total. The van der Waals surface area contributed by atoms with E-state index in [-0.39, 0.29) is 49.1 Å². The summed E-state index contributed by atoms with van der Waals surface area (Å²) in [5.74, 6) is -1.54. The molecule has 2 unspecified atom stereocenters. The molecule has 1 aliphatic rings. The fraction of sp³-hybridized carbons (Fsp3) is 0.543. The Morgan fingerprint density at radius 2 is 1.32 bits per heavy atom. The molecule has 0 aliphatic carbocycles. The van der Waals surface area contributed by atoms with Crippen molar-refractivity contribution < 1.29 is 33.1 Å². The molecule has 1 aliphatic heterocycles. The summed E-state index contributed by atoms with van der Waals surface area (Å²) in [7, 11) is 0. The second kappa shape index (κ2) is 19.1. The van der Waals surface area contributed by atoms with E-state index in [1.165, 1.54) is 0 Å². The number of nitrogens with one attached hydrogen (secondary N) is 3. The van der Waals surface area contributed by atoms with Crippen molar-refractivity contribution >= 4 is 45.8 Å². The monoisotopic (exact) mass is 695 g/mol. The van der Waals surface area contributed by atoms with Crippen molar-refractivity contribution in [2.24, 2.45) is 0 Å². The number of nitrogens with zero attached hydrogens (tertiary/aromatic N) is 4. The Morgan fingerprint density at radius 1 is 0.780 bits per heavy atom. The predicted octanol–water partition coefficient (Wildman–Crippen LogP) is 0.486.